The van der Waals surface area contributed by atoms with Crippen LogP contribution in [0.15, 0.2) is 36.4 Å². The van der Waals surface area contributed by atoms with E-state index in [0.717, 1.165) is 0 Å². The molecule has 0 aliphatic carbocycles. The van der Waals surface area contributed by atoms with Gasteiger partial charge in [0.2, 0.25) is 0 Å². The van der Waals surface area contributed by atoms with Crippen LogP contribution in [0.4, 0.5) is 64.1 Å². The Hall–Kier alpha value is -3.98. The zero-order chi connectivity index (χ0) is 28.1. The molecule has 0 radical (unpaired) electrons. The lowest BCUT2D eigenvalue weighted by Gasteiger charge is -2.18. The fourth-order valence-electron chi connectivity index (χ4n) is 2.93. The minimum atomic E-state index is -5.58. The predicted molar refractivity (Wildman–Crippen MR) is 103 cm³/mol. The number of rotatable bonds is 4. The van der Waals surface area contributed by atoms with Gasteiger partial charge in [0.05, 0.1) is 22.5 Å². The van der Waals surface area contributed by atoms with Crippen LogP contribution >= 0.6 is 0 Å². The number of nitrogen functional groups attached to an aromatic ring is 2. The van der Waals surface area contributed by atoms with Gasteiger partial charge in [-0.15, -0.1) is 0 Å². The van der Waals surface area contributed by atoms with Gasteiger partial charge in [-0.05, 0) is 24.3 Å². The summed E-state index contributed by atoms with van der Waals surface area (Å²) in [4.78, 5) is 0. The highest BCUT2D eigenvalue weighted by Crippen LogP contribution is 2.45. The van der Waals surface area contributed by atoms with Gasteiger partial charge in [0, 0.05) is 12.1 Å². The van der Waals surface area contributed by atoms with Gasteiger partial charge in [-0.25, -0.2) is 13.2 Å². The number of alkyl halides is 9. The topological polar surface area (TPSA) is 70.5 Å². The van der Waals surface area contributed by atoms with E-state index in [4.69, 9.17) is 16.2 Å². The van der Waals surface area contributed by atoms with Crippen LogP contribution in [0.25, 0.3) is 0 Å². The van der Waals surface area contributed by atoms with Crippen LogP contribution < -0.4 is 20.9 Å². The molecule has 3 aromatic carbocycles. The van der Waals surface area contributed by atoms with Crippen molar-refractivity contribution >= 4 is 11.4 Å². The molecular weight excluding hydrogens is 540 g/mol. The van der Waals surface area contributed by atoms with Crippen molar-refractivity contribution in [2.45, 2.75) is 18.5 Å². The van der Waals surface area contributed by atoms with Crippen LogP contribution in [0.2, 0.25) is 0 Å². The Morgan fingerprint density at radius 2 is 0.946 bits per heavy atom. The number of anilines is 2. The van der Waals surface area contributed by atoms with E-state index in [2.05, 4.69) is 4.74 Å². The average Bonchev–Trinajstić information content (AvgIpc) is 2.71. The number of benzene rings is 3. The van der Waals surface area contributed by atoms with Crippen molar-refractivity contribution in [3.63, 3.8) is 0 Å². The largest absolute Gasteiger partial charge is 0.454 e. The molecule has 0 saturated carbocycles. The summed E-state index contributed by atoms with van der Waals surface area (Å²) in [7, 11) is 0. The molecule has 3 aromatic rings. The Bertz CT molecular complexity index is 1350. The van der Waals surface area contributed by atoms with Gasteiger partial charge in [-0.1, -0.05) is 0 Å². The molecule has 0 aliphatic rings. The van der Waals surface area contributed by atoms with Crippen LogP contribution in [0, 0.1) is 17.5 Å². The lowest BCUT2D eigenvalue weighted by Crippen LogP contribution is -2.12. The van der Waals surface area contributed by atoms with E-state index in [0.29, 0.717) is 0 Å². The molecule has 0 fully saturated rings. The van der Waals surface area contributed by atoms with Crippen LogP contribution in [-0.4, -0.2) is 0 Å². The van der Waals surface area contributed by atoms with Gasteiger partial charge in [0.1, 0.15) is 22.9 Å². The van der Waals surface area contributed by atoms with E-state index >= 15 is 0 Å². The first-order chi connectivity index (χ1) is 16.8. The second kappa shape index (κ2) is 9.15. The standard InChI is InChI=1S/C21H10F12N2O2/c22-10-5-9(36-14-3-7(19(25,26)27)1-11(34)17(14)23)6-13(16(10)21(31,32)33)37-15-4-8(20(28,29)30)2-12(35)18(15)24/h1-6H,34-35H2. The predicted octanol–water partition coefficient (Wildman–Crippen LogP) is 7.91. The molecule has 0 aliphatic heterocycles. The summed E-state index contributed by atoms with van der Waals surface area (Å²) in [5.74, 6) is -11.2. The Morgan fingerprint density at radius 1 is 0.514 bits per heavy atom. The van der Waals surface area contributed by atoms with Crippen molar-refractivity contribution in [1.29, 1.82) is 0 Å². The minimum Gasteiger partial charge on any atom is -0.454 e. The zero-order valence-corrected chi connectivity index (χ0v) is 17.5. The smallest absolute Gasteiger partial charge is 0.422 e. The third-order valence-corrected chi connectivity index (χ3v) is 4.55. The third kappa shape index (κ3) is 5.89. The van der Waals surface area contributed by atoms with Gasteiger partial charge < -0.3 is 20.9 Å². The molecule has 0 bridgehead atoms. The Balaban J connectivity index is 2.17. The summed E-state index contributed by atoms with van der Waals surface area (Å²) in [6, 6.07) is 0.415. The first-order valence-electron chi connectivity index (χ1n) is 9.38. The lowest BCUT2D eigenvalue weighted by atomic mass is 10.1. The van der Waals surface area contributed by atoms with Gasteiger partial charge in [-0.3, -0.25) is 0 Å². The van der Waals surface area contributed by atoms with Crippen molar-refractivity contribution < 1.29 is 62.2 Å². The lowest BCUT2D eigenvalue weighted by molar-refractivity contribution is -0.141. The Morgan fingerprint density at radius 3 is 1.35 bits per heavy atom. The van der Waals surface area contributed by atoms with Crippen LogP contribution in [-0.2, 0) is 18.5 Å². The first-order valence-corrected chi connectivity index (χ1v) is 9.38. The number of ether oxygens (including phenoxy) is 2. The highest BCUT2D eigenvalue weighted by Gasteiger charge is 2.40. The molecule has 0 spiro atoms. The van der Waals surface area contributed by atoms with E-state index in [1.807, 2.05) is 0 Å². The number of halogens is 12. The van der Waals surface area contributed by atoms with Gasteiger partial charge in [0.25, 0.3) is 0 Å². The molecule has 0 unspecified atom stereocenters. The maximum absolute atomic E-state index is 14.4. The van der Waals surface area contributed by atoms with Crippen molar-refractivity contribution in [3.05, 3.63) is 70.5 Å². The quantitative estimate of drug-likeness (QED) is 0.256. The minimum absolute atomic E-state index is 0.0254. The number of hydrogen-bond acceptors (Lipinski definition) is 4. The van der Waals surface area contributed by atoms with Crippen molar-refractivity contribution in [2.75, 3.05) is 11.5 Å². The second-order valence-electron chi connectivity index (χ2n) is 7.23. The Kier molecular flexibility index (Phi) is 6.83. The summed E-state index contributed by atoms with van der Waals surface area (Å²) >= 11 is 0. The summed E-state index contributed by atoms with van der Waals surface area (Å²) in [5.41, 5.74) is 2.57. The van der Waals surface area contributed by atoms with Crippen molar-refractivity contribution in [3.8, 4) is 23.0 Å². The zero-order valence-electron chi connectivity index (χ0n) is 17.5. The number of hydrogen-bond donors (Lipinski definition) is 2. The third-order valence-electron chi connectivity index (χ3n) is 4.55. The van der Waals surface area contributed by atoms with E-state index in [1.54, 1.807) is 0 Å². The highest BCUT2D eigenvalue weighted by molar-refractivity contribution is 5.55. The maximum atomic E-state index is 14.4. The molecule has 3 rings (SSSR count). The van der Waals surface area contributed by atoms with E-state index < -0.39 is 87.0 Å². The van der Waals surface area contributed by atoms with Crippen LogP contribution in [0.1, 0.15) is 16.7 Å². The number of nitrogens with two attached hydrogens (primary N) is 2. The highest BCUT2D eigenvalue weighted by atomic mass is 19.4. The fraction of sp³-hybridized carbons (Fsp3) is 0.143. The van der Waals surface area contributed by atoms with Crippen molar-refractivity contribution in [1.82, 2.24) is 0 Å². The monoisotopic (exact) mass is 550 g/mol. The van der Waals surface area contributed by atoms with E-state index in [1.165, 1.54) is 0 Å². The summed E-state index contributed by atoms with van der Waals surface area (Å²) < 4.78 is 171. The second-order valence-corrected chi connectivity index (χ2v) is 7.23. The molecule has 37 heavy (non-hydrogen) atoms. The van der Waals surface area contributed by atoms with Gasteiger partial charge in [-0.2, -0.15) is 39.5 Å². The summed E-state index contributed by atoms with van der Waals surface area (Å²) in [6.07, 6.45) is -15.8. The Labute approximate surface area is 198 Å². The molecule has 16 heteroatoms. The molecule has 0 heterocycles. The van der Waals surface area contributed by atoms with Crippen LogP contribution in [0.5, 0.6) is 23.0 Å². The summed E-state index contributed by atoms with van der Waals surface area (Å²) in [6.45, 7) is 0. The SMILES string of the molecule is Nc1cc(C(F)(F)F)cc(Oc2cc(F)c(C(F)(F)F)c(Oc3cc(C(F)(F)F)cc(N)c3F)c2)c1F. The maximum Gasteiger partial charge on any atom is 0.422 e. The normalized spacial score (nSPS) is 12.5. The fourth-order valence-corrected chi connectivity index (χ4v) is 2.93. The summed E-state index contributed by atoms with van der Waals surface area (Å²) in [5, 5.41) is 0. The average molecular weight is 550 g/mol. The molecule has 0 amide bonds. The van der Waals surface area contributed by atoms with E-state index in [-0.39, 0.29) is 36.4 Å². The first kappa shape index (κ1) is 27.6. The molecule has 200 valence electrons. The molecule has 0 atom stereocenters. The molecular formula is C21H10F12N2O2. The van der Waals surface area contributed by atoms with Gasteiger partial charge >= 0.3 is 18.5 Å². The molecule has 0 aromatic heterocycles. The molecule has 4 N–H and O–H groups in total. The van der Waals surface area contributed by atoms with E-state index in [9.17, 15) is 52.7 Å². The van der Waals surface area contributed by atoms with Crippen LogP contribution in [0.3, 0.4) is 0 Å². The molecule has 0 saturated heterocycles. The molecule has 4 nitrogen and oxygen atoms in total. The van der Waals surface area contributed by atoms with Gasteiger partial charge in [0.15, 0.2) is 23.1 Å². The van der Waals surface area contributed by atoms with Crippen molar-refractivity contribution in [2.24, 2.45) is 0 Å².